The molecule has 0 unspecified atom stereocenters. The molecule has 2 amide bonds. The molecular formula is C24H23N3O5. The number of pyridine rings is 1. The van der Waals surface area contributed by atoms with Crippen LogP contribution in [-0.4, -0.2) is 30.1 Å². The number of hydrogen-bond acceptors (Lipinski definition) is 5. The molecule has 0 atom stereocenters. The Balaban J connectivity index is 1.66. The van der Waals surface area contributed by atoms with E-state index in [4.69, 9.17) is 13.9 Å². The van der Waals surface area contributed by atoms with E-state index in [2.05, 4.69) is 10.3 Å². The number of benzene rings is 2. The minimum atomic E-state index is -0.348. The normalized spacial score (nSPS) is 10.7. The first-order valence-corrected chi connectivity index (χ1v) is 9.98. The Morgan fingerprint density at radius 2 is 1.75 bits per heavy atom. The topological polar surface area (TPSA) is 96.8 Å². The van der Waals surface area contributed by atoms with E-state index in [1.165, 1.54) is 12.0 Å². The molecule has 0 bridgehead atoms. The van der Waals surface area contributed by atoms with Gasteiger partial charge in [-0.25, -0.2) is 4.79 Å². The van der Waals surface area contributed by atoms with Gasteiger partial charge in [-0.2, -0.15) is 0 Å². The SMILES string of the molecule is COc1cc2cc(CN(Cc3ccco3)C(=O)Nc3ccccc3)c(=O)[nH]c2cc1OC. The van der Waals surface area contributed by atoms with Crippen molar-refractivity contribution < 1.29 is 18.7 Å². The van der Waals surface area contributed by atoms with E-state index in [1.54, 1.807) is 55.8 Å². The average molecular weight is 433 g/mol. The van der Waals surface area contributed by atoms with Crippen LogP contribution in [0.5, 0.6) is 11.5 Å². The first-order valence-electron chi connectivity index (χ1n) is 9.98. The third-order valence-electron chi connectivity index (χ3n) is 5.03. The summed E-state index contributed by atoms with van der Waals surface area (Å²) in [7, 11) is 3.09. The van der Waals surface area contributed by atoms with E-state index in [9.17, 15) is 9.59 Å². The molecule has 0 aliphatic carbocycles. The highest BCUT2D eigenvalue weighted by Gasteiger charge is 2.19. The van der Waals surface area contributed by atoms with Gasteiger partial charge in [0.15, 0.2) is 11.5 Å². The zero-order valence-electron chi connectivity index (χ0n) is 17.8. The van der Waals surface area contributed by atoms with E-state index >= 15 is 0 Å². The van der Waals surface area contributed by atoms with Gasteiger partial charge in [-0.05, 0) is 36.4 Å². The largest absolute Gasteiger partial charge is 0.493 e. The van der Waals surface area contributed by atoms with Gasteiger partial charge in [-0.3, -0.25) is 4.79 Å². The molecule has 4 rings (SSSR count). The summed E-state index contributed by atoms with van der Waals surface area (Å²) in [6, 6.07) is 17.6. The van der Waals surface area contributed by atoms with Crippen molar-refractivity contribution in [1.29, 1.82) is 0 Å². The Hall–Kier alpha value is -4.20. The van der Waals surface area contributed by atoms with Crippen molar-refractivity contribution in [3.05, 3.63) is 88.6 Å². The monoisotopic (exact) mass is 433 g/mol. The van der Waals surface area contributed by atoms with Gasteiger partial charge in [0, 0.05) is 22.7 Å². The second kappa shape index (κ2) is 9.30. The van der Waals surface area contributed by atoms with Crippen LogP contribution in [0, 0.1) is 0 Å². The summed E-state index contributed by atoms with van der Waals surface area (Å²) < 4.78 is 16.1. The third-order valence-corrected chi connectivity index (χ3v) is 5.03. The van der Waals surface area contributed by atoms with Crippen LogP contribution in [0.2, 0.25) is 0 Å². The van der Waals surface area contributed by atoms with Gasteiger partial charge in [0.1, 0.15) is 5.76 Å². The molecule has 0 saturated heterocycles. The molecule has 2 heterocycles. The van der Waals surface area contributed by atoms with Gasteiger partial charge >= 0.3 is 6.03 Å². The molecule has 2 aromatic carbocycles. The van der Waals surface area contributed by atoms with Crippen molar-refractivity contribution in [1.82, 2.24) is 9.88 Å². The number of anilines is 1. The number of aromatic nitrogens is 1. The first kappa shape index (κ1) is 21.0. The summed E-state index contributed by atoms with van der Waals surface area (Å²) in [6.45, 7) is 0.286. The lowest BCUT2D eigenvalue weighted by atomic mass is 10.1. The van der Waals surface area contributed by atoms with Crippen molar-refractivity contribution in [3.8, 4) is 11.5 Å². The minimum absolute atomic E-state index is 0.0823. The van der Waals surface area contributed by atoms with E-state index in [0.29, 0.717) is 34.0 Å². The van der Waals surface area contributed by atoms with E-state index in [0.717, 1.165) is 5.39 Å². The van der Waals surface area contributed by atoms with Crippen molar-refractivity contribution in [2.75, 3.05) is 19.5 Å². The summed E-state index contributed by atoms with van der Waals surface area (Å²) in [5, 5.41) is 3.62. The molecule has 0 radical (unpaired) electrons. The number of nitrogens with zero attached hydrogens (tertiary/aromatic N) is 1. The second-order valence-electron chi connectivity index (χ2n) is 7.15. The zero-order chi connectivity index (χ0) is 22.5. The maximum atomic E-state index is 13.0. The molecule has 8 heteroatoms. The lowest BCUT2D eigenvalue weighted by Gasteiger charge is -2.22. The standard InChI is InChI=1S/C24H23N3O5/c1-30-21-12-16-11-17(23(28)26-20(16)13-22(21)31-2)14-27(15-19-9-6-10-32-19)24(29)25-18-7-4-3-5-8-18/h3-13H,14-15H2,1-2H3,(H,25,29)(H,26,28). The molecule has 0 spiro atoms. The van der Waals surface area contributed by atoms with Crippen molar-refractivity contribution in [3.63, 3.8) is 0 Å². The van der Waals surface area contributed by atoms with E-state index in [-0.39, 0.29) is 24.7 Å². The number of furan rings is 1. The Morgan fingerprint density at radius 1 is 1.00 bits per heavy atom. The molecule has 0 aliphatic heterocycles. The fourth-order valence-electron chi connectivity index (χ4n) is 3.42. The molecule has 0 aliphatic rings. The molecule has 32 heavy (non-hydrogen) atoms. The van der Waals surface area contributed by atoms with Gasteiger partial charge in [0.25, 0.3) is 5.56 Å². The van der Waals surface area contributed by atoms with Crippen LogP contribution < -0.4 is 20.3 Å². The van der Waals surface area contributed by atoms with Gasteiger partial charge in [0.2, 0.25) is 0 Å². The van der Waals surface area contributed by atoms with Gasteiger partial charge in [-0.1, -0.05) is 18.2 Å². The number of fused-ring (bicyclic) bond motifs is 1. The molecule has 164 valence electrons. The number of para-hydroxylation sites is 1. The molecule has 2 aromatic heterocycles. The van der Waals surface area contributed by atoms with Gasteiger partial charge in [-0.15, -0.1) is 0 Å². The maximum absolute atomic E-state index is 13.0. The van der Waals surface area contributed by atoms with Crippen LogP contribution in [-0.2, 0) is 13.1 Å². The average Bonchev–Trinajstić information content (AvgIpc) is 3.32. The smallest absolute Gasteiger partial charge is 0.322 e. The predicted molar refractivity (Wildman–Crippen MR) is 121 cm³/mol. The van der Waals surface area contributed by atoms with Gasteiger partial charge in [0.05, 0.1) is 39.1 Å². The third kappa shape index (κ3) is 4.59. The highest BCUT2D eigenvalue weighted by atomic mass is 16.5. The van der Waals surface area contributed by atoms with Crippen molar-refractivity contribution >= 4 is 22.6 Å². The molecule has 4 aromatic rings. The predicted octanol–water partition coefficient (Wildman–Crippen LogP) is 4.37. The lowest BCUT2D eigenvalue weighted by Crippen LogP contribution is -2.35. The highest BCUT2D eigenvalue weighted by molar-refractivity contribution is 5.89. The van der Waals surface area contributed by atoms with E-state index < -0.39 is 0 Å². The zero-order valence-corrected chi connectivity index (χ0v) is 17.8. The number of ether oxygens (including phenoxy) is 2. The number of amides is 2. The Bertz CT molecular complexity index is 1270. The molecule has 2 N–H and O–H groups in total. The number of H-pyrrole nitrogens is 1. The summed E-state index contributed by atoms with van der Waals surface area (Å²) in [4.78, 5) is 30.2. The minimum Gasteiger partial charge on any atom is -0.493 e. The number of hydrogen-bond donors (Lipinski definition) is 2. The van der Waals surface area contributed by atoms with Crippen LogP contribution in [0.3, 0.4) is 0 Å². The fraction of sp³-hybridized carbons (Fsp3) is 0.167. The van der Waals surface area contributed by atoms with Crippen LogP contribution in [0.25, 0.3) is 10.9 Å². The molecule has 8 nitrogen and oxygen atoms in total. The van der Waals surface area contributed by atoms with Crippen molar-refractivity contribution in [2.45, 2.75) is 13.1 Å². The van der Waals surface area contributed by atoms with Crippen LogP contribution in [0.1, 0.15) is 11.3 Å². The number of methoxy groups -OCH3 is 2. The molecule has 0 saturated carbocycles. The Labute approximate surface area is 184 Å². The maximum Gasteiger partial charge on any atom is 0.322 e. The van der Waals surface area contributed by atoms with Gasteiger partial charge < -0.3 is 29.1 Å². The lowest BCUT2D eigenvalue weighted by molar-refractivity contribution is 0.201. The van der Waals surface area contributed by atoms with Crippen LogP contribution >= 0.6 is 0 Å². The summed E-state index contributed by atoms with van der Waals surface area (Å²) in [5.74, 6) is 1.68. The molecular weight excluding hydrogens is 410 g/mol. The number of urea groups is 1. The number of carbonyl (C=O) groups is 1. The Kier molecular flexibility index (Phi) is 6.12. The number of aromatic amines is 1. The number of nitrogens with one attached hydrogen (secondary N) is 2. The Morgan fingerprint density at radius 3 is 2.44 bits per heavy atom. The first-order chi connectivity index (χ1) is 15.6. The quantitative estimate of drug-likeness (QED) is 0.451. The number of carbonyl (C=O) groups excluding carboxylic acids is 1. The van der Waals surface area contributed by atoms with E-state index in [1.807, 2.05) is 18.2 Å². The van der Waals surface area contributed by atoms with Crippen molar-refractivity contribution in [2.24, 2.45) is 0 Å². The fourth-order valence-corrected chi connectivity index (χ4v) is 3.42. The summed E-state index contributed by atoms with van der Waals surface area (Å²) in [5.41, 5.74) is 1.41. The second-order valence-corrected chi connectivity index (χ2v) is 7.15. The van der Waals surface area contributed by atoms with Crippen LogP contribution in [0.15, 0.2) is 76.1 Å². The molecule has 0 fully saturated rings. The summed E-state index contributed by atoms with van der Waals surface area (Å²) >= 11 is 0. The summed E-state index contributed by atoms with van der Waals surface area (Å²) in [6.07, 6.45) is 1.55. The van der Waals surface area contributed by atoms with Crippen LogP contribution in [0.4, 0.5) is 10.5 Å². The number of rotatable bonds is 7. The highest BCUT2D eigenvalue weighted by Crippen LogP contribution is 2.31.